The van der Waals surface area contributed by atoms with Crippen molar-refractivity contribution in [3.8, 4) is 6.07 Å². The van der Waals surface area contributed by atoms with Gasteiger partial charge in [-0.25, -0.2) is 0 Å². The smallest absolute Gasteiger partial charge is 0.239 e. The Hall–Kier alpha value is -2.18. The van der Waals surface area contributed by atoms with E-state index in [0.717, 1.165) is 63.4 Å². The summed E-state index contributed by atoms with van der Waals surface area (Å²) >= 11 is 1.73. The fourth-order valence-corrected chi connectivity index (χ4v) is 5.13. The predicted octanol–water partition coefficient (Wildman–Crippen LogP) is 2.97. The first-order valence-electron chi connectivity index (χ1n) is 11.0. The number of amides is 1. The van der Waals surface area contributed by atoms with Crippen LogP contribution >= 0.6 is 11.3 Å². The molecule has 166 valence electrons. The summed E-state index contributed by atoms with van der Waals surface area (Å²) in [7, 11) is 0. The molecule has 1 unspecified atom stereocenters. The zero-order valence-corrected chi connectivity index (χ0v) is 19.2. The van der Waals surface area contributed by atoms with E-state index in [0.29, 0.717) is 24.5 Å². The van der Waals surface area contributed by atoms with E-state index >= 15 is 0 Å². The maximum absolute atomic E-state index is 12.9. The summed E-state index contributed by atoms with van der Waals surface area (Å²) in [6, 6.07) is 4.46. The van der Waals surface area contributed by atoms with Crippen LogP contribution in [0.4, 0.5) is 5.82 Å². The van der Waals surface area contributed by atoms with Gasteiger partial charge in [0.2, 0.25) is 5.91 Å². The van der Waals surface area contributed by atoms with Crippen LogP contribution in [0.25, 0.3) is 0 Å². The predicted molar refractivity (Wildman–Crippen MR) is 122 cm³/mol. The van der Waals surface area contributed by atoms with Gasteiger partial charge in [0.25, 0.3) is 0 Å². The number of hydrogen-bond acceptors (Lipinski definition) is 6. The molecule has 0 saturated carbocycles. The monoisotopic (exact) mass is 441 g/mol. The lowest BCUT2D eigenvalue weighted by atomic mass is 10.2. The molecule has 4 heterocycles. The Morgan fingerprint density at radius 3 is 2.71 bits per heavy atom. The van der Waals surface area contributed by atoms with Crippen LogP contribution < -0.4 is 5.32 Å². The van der Waals surface area contributed by atoms with Crippen LogP contribution in [0.3, 0.4) is 0 Å². The Balaban J connectivity index is 1.36. The van der Waals surface area contributed by atoms with Crippen molar-refractivity contribution in [2.24, 2.45) is 0 Å². The molecule has 2 fully saturated rings. The van der Waals surface area contributed by atoms with Crippen molar-refractivity contribution in [1.82, 2.24) is 14.4 Å². The Labute approximate surface area is 188 Å². The molecular formula is C23H31N5O2S. The van der Waals surface area contributed by atoms with Gasteiger partial charge in [-0.05, 0) is 54.6 Å². The quantitative estimate of drug-likeness (QED) is 0.715. The van der Waals surface area contributed by atoms with E-state index in [1.54, 1.807) is 11.3 Å². The number of nitrogens with zero attached hydrogens (tertiary/aromatic N) is 4. The third kappa shape index (κ3) is 5.18. The topological polar surface area (TPSA) is 73.5 Å². The van der Waals surface area contributed by atoms with Crippen LogP contribution in [0.15, 0.2) is 16.8 Å². The number of anilines is 1. The molecular weight excluding hydrogens is 410 g/mol. The summed E-state index contributed by atoms with van der Waals surface area (Å²) in [5.41, 5.74) is 3.87. The van der Waals surface area contributed by atoms with E-state index in [4.69, 9.17) is 4.74 Å². The Kier molecular flexibility index (Phi) is 7.08. The number of aromatic nitrogens is 1. The van der Waals surface area contributed by atoms with Crippen molar-refractivity contribution in [2.75, 3.05) is 44.6 Å². The standard InChI is InChI=1S/C23H31N5O2S/c1-17-18(2)28(14-20-4-3-10-30-20)23(21(17)12-24)25-22(29)15-27-8-6-26(7-9-27)13-19-5-11-31-16-19/h5,11,16,20H,3-4,6-10,13-15H2,1-2H3,(H,25,29). The first-order chi connectivity index (χ1) is 15.0. The van der Waals surface area contributed by atoms with Gasteiger partial charge in [0, 0.05) is 45.0 Å². The van der Waals surface area contributed by atoms with Crippen LogP contribution in [0.1, 0.15) is 35.2 Å². The summed E-state index contributed by atoms with van der Waals surface area (Å²) in [5.74, 6) is 0.558. The number of nitrogens with one attached hydrogen (secondary N) is 1. The number of thiophene rings is 1. The van der Waals surface area contributed by atoms with Gasteiger partial charge in [-0.1, -0.05) is 0 Å². The molecule has 2 aromatic rings. The number of carbonyl (C=O) groups excluding carboxylic acids is 1. The molecule has 2 aliphatic rings. The summed E-state index contributed by atoms with van der Waals surface area (Å²) in [6.07, 6.45) is 2.22. The van der Waals surface area contributed by atoms with Gasteiger partial charge in [0.15, 0.2) is 0 Å². The number of hydrogen-bond donors (Lipinski definition) is 1. The van der Waals surface area contributed by atoms with Crippen molar-refractivity contribution in [3.05, 3.63) is 39.2 Å². The number of ether oxygens (including phenoxy) is 1. The summed E-state index contributed by atoms with van der Waals surface area (Å²) in [6.45, 7) is 10.4. The number of piperazine rings is 1. The second-order valence-corrected chi connectivity index (χ2v) is 9.30. The molecule has 7 nitrogen and oxygen atoms in total. The highest BCUT2D eigenvalue weighted by molar-refractivity contribution is 7.07. The van der Waals surface area contributed by atoms with E-state index < -0.39 is 0 Å². The zero-order valence-electron chi connectivity index (χ0n) is 18.4. The minimum Gasteiger partial charge on any atom is -0.376 e. The molecule has 2 aliphatic heterocycles. The van der Waals surface area contributed by atoms with E-state index in [2.05, 4.69) is 42.6 Å². The second-order valence-electron chi connectivity index (χ2n) is 8.52. The van der Waals surface area contributed by atoms with Gasteiger partial charge >= 0.3 is 0 Å². The molecule has 0 spiro atoms. The van der Waals surface area contributed by atoms with Crippen LogP contribution in [0.2, 0.25) is 0 Å². The minimum absolute atomic E-state index is 0.0612. The highest BCUT2D eigenvalue weighted by Gasteiger charge is 2.25. The Morgan fingerprint density at radius 2 is 2.06 bits per heavy atom. The summed E-state index contributed by atoms with van der Waals surface area (Å²) in [5, 5.41) is 17.1. The molecule has 0 aromatic carbocycles. The molecule has 8 heteroatoms. The largest absolute Gasteiger partial charge is 0.376 e. The SMILES string of the molecule is Cc1c(C#N)c(NC(=O)CN2CCN(Cc3ccsc3)CC2)n(CC2CCCO2)c1C. The normalized spacial score (nSPS) is 20.1. The van der Waals surface area contributed by atoms with Gasteiger partial charge in [-0.3, -0.25) is 14.6 Å². The van der Waals surface area contributed by atoms with Crippen molar-refractivity contribution in [3.63, 3.8) is 0 Å². The van der Waals surface area contributed by atoms with Gasteiger partial charge in [-0.15, -0.1) is 0 Å². The number of carbonyl (C=O) groups is 1. The zero-order chi connectivity index (χ0) is 21.8. The second kappa shape index (κ2) is 9.96. The van der Waals surface area contributed by atoms with Crippen molar-refractivity contribution in [2.45, 2.75) is 45.9 Å². The van der Waals surface area contributed by atoms with Gasteiger partial charge in [-0.2, -0.15) is 16.6 Å². The maximum atomic E-state index is 12.9. The summed E-state index contributed by atoms with van der Waals surface area (Å²) in [4.78, 5) is 17.5. The third-order valence-corrected chi connectivity index (χ3v) is 7.16. The molecule has 1 N–H and O–H groups in total. The molecule has 0 aliphatic carbocycles. The Bertz CT molecular complexity index is 932. The lowest BCUT2D eigenvalue weighted by molar-refractivity contribution is -0.117. The van der Waals surface area contributed by atoms with Crippen LogP contribution in [-0.2, 0) is 22.6 Å². The average Bonchev–Trinajstić information content (AvgIpc) is 3.50. The van der Waals surface area contributed by atoms with E-state index in [1.807, 2.05) is 13.8 Å². The molecule has 1 amide bonds. The molecule has 1 atom stereocenters. The Morgan fingerprint density at radius 1 is 1.29 bits per heavy atom. The highest BCUT2D eigenvalue weighted by atomic mass is 32.1. The van der Waals surface area contributed by atoms with E-state index in [1.165, 1.54) is 5.56 Å². The fourth-order valence-electron chi connectivity index (χ4n) is 4.47. The molecule has 0 radical (unpaired) electrons. The minimum atomic E-state index is -0.0612. The van der Waals surface area contributed by atoms with Crippen LogP contribution in [0, 0.1) is 25.2 Å². The average molecular weight is 442 g/mol. The number of rotatable bonds is 7. The van der Waals surface area contributed by atoms with Crippen molar-refractivity contribution >= 4 is 23.1 Å². The summed E-state index contributed by atoms with van der Waals surface area (Å²) < 4.78 is 7.85. The highest BCUT2D eigenvalue weighted by Crippen LogP contribution is 2.28. The first-order valence-corrected chi connectivity index (χ1v) is 12.0. The lowest BCUT2D eigenvalue weighted by Gasteiger charge is -2.34. The molecule has 2 aromatic heterocycles. The van der Waals surface area contributed by atoms with Gasteiger partial charge in [0.05, 0.1) is 24.8 Å². The molecule has 31 heavy (non-hydrogen) atoms. The van der Waals surface area contributed by atoms with Crippen LogP contribution in [0.5, 0.6) is 0 Å². The molecule has 2 saturated heterocycles. The van der Waals surface area contributed by atoms with Crippen LogP contribution in [-0.4, -0.2) is 65.7 Å². The number of nitriles is 1. The molecule has 4 rings (SSSR count). The van der Waals surface area contributed by atoms with E-state index in [9.17, 15) is 10.1 Å². The fraction of sp³-hybridized carbons (Fsp3) is 0.565. The van der Waals surface area contributed by atoms with E-state index in [-0.39, 0.29) is 12.0 Å². The maximum Gasteiger partial charge on any atom is 0.239 e. The van der Waals surface area contributed by atoms with Gasteiger partial charge < -0.3 is 14.6 Å². The first kappa shape index (κ1) is 22.0. The van der Waals surface area contributed by atoms with Crippen molar-refractivity contribution in [1.29, 1.82) is 5.26 Å². The lowest BCUT2D eigenvalue weighted by Crippen LogP contribution is -2.48. The van der Waals surface area contributed by atoms with Crippen molar-refractivity contribution < 1.29 is 9.53 Å². The van der Waals surface area contributed by atoms with Gasteiger partial charge in [0.1, 0.15) is 11.9 Å². The third-order valence-electron chi connectivity index (χ3n) is 6.43. The molecule has 0 bridgehead atoms.